The second-order valence-electron chi connectivity index (χ2n) is 9.51. The molecule has 0 radical (unpaired) electrons. The van der Waals surface area contributed by atoms with Gasteiger partial charge in [0, 0.05) is 5.75 Å². The molecule has 190 valence electrons. The van der Waals surface area contributed by atoms with Crippen molar-refractivity contribution in [2.75, 3.05) is 5.75 Å². The first kappa shape index (κ1) is 29.4. The van der Waals surface area contributed by atoms with E-state index in [-0.39, 0.29) is 5.75 Å². The van der Waals surface area contributed by atoms with Crippen LogP contribution in [0.5, 0.6) is 5.75 Å². The van der Waals surface area contributed by atoms with E-state index in [0.29, 0.717) is 18.6 Å². The van der Waals surface area contributed by atoms with Crippen molar-refractivity contribution in [2.24, 2.45) is 0 Å². The van der Waals surface area contributed by atoms with Crippen LogP contribution in [0.3, 0.4) is 0 Å². The highest BCUT2D eigenvalue weighted by Gasteiger charge is 2.23. The highest BCUT2D eigenvalue weighted by atomic mass is 32.2. The molecule has 0 bridgehead atoms. The van der Waals surface area contributed by atoms with E-state index in [1.807, 2.05) is 26.0 Å². The maximum atomic E-state index is 12.2. The number of unbranched alkanes of at least 4 members (excludes halogenated alkanes) is 10. The summed E-state index contributed by atoms with van der Waals surface area (Å²) in [6, 6.07) is 7.21. The van der Waals surface area contributed by atoms with E-state index in [4.69, 9.17) is 9.47 Å². The maximum absolute atomic E-state index is 12.2. The standard InChI is InChI=1S/C26H44O6S/c1-4-5-6-7-8-9-10-11-14-21-26(2,3)32-25(27)31-24-19-17-23(18-20-24)16-13-12-15-22-33(28,29)30/h17-20H,4-16,21-22H2,1-3H3,(H,28,29,30)/p-1. The summed E-state index contributed by atoms with van der Waals surface area (Å²) < 4.78 is 42.6. The lowest BCUT2D eigenvalue weighted by Gasteiger charge is -2.24. The minimum absolute atomic E-state index is 0.308. The third-order valence-corrected chi connectivity index (χ3v) is 6.52. The molecule has 0 saturated heterocycles. The van der Waals surface area contributed by atoms with Crippen LogP contribution in [0.15, 0.2) is 24.3 Å². The van der Waals surface area contributed by atoms with Crippen LogP contribution in [0.2, 0.25) is 0 Å². The van der Waals surface area contributed by atoms with Crippen LogP contribution >= 0.6 is 0 Å². The molecular formula is C26H43O6S-. The van der Waals surface area contributed by atoms with Gasteiger partial charge in [-0.1, -0.05) is 76.8 Å². The first-order chi connectivity index (χ1) is 15.6. The Hall–Kier alpha value is -1.60. The fraction of sp³-hybridized carbons (Fsp3) is 0.731. The van der Waals surface area contributed by atoms with E-state index in [9.17, 15) is 17.8 Å². The highest BCUT2D eigenvalue weighted by Crippen LogP contribution is 2.22. The molecule has 1 aromatic rings. The van der Waals surface area contributed by atoms with Crippen LogP contribution in [0, 0.1) is 0 Å². The van der Waals surface area contributed by atoms with Crippen molar-refractivity contribution in [3.63, 3.8) is 0 Å². The molecule has 1 aromatic carbocycles. The third-order valence-electron chi connectivity index (χ3n) is 5.73. The summed E-state index contributed by atoms with van der Waals surface area (Å²) >= 11 is 0. The fourth-order valence-corrected chi connectivity index (χ4v) is 4.32. The topological polar surface area (TPSA) is 92.7 Å². The molecule has 0 N–H and O–H groups in total. The van der Waals surface area contributed by atoms with Crippen LogP contribution in [0.1, 0.15) is 110 Å². The number of ether oxygens (including phenoxy) is 2. The summed E-state index contributed by atoms with van der Waals surface area (Å²) in [4.78, 5) is 12.2. The summed E-state index contributed by atoms with van der Waals surface area (Å²) in [5, 5.41) is 0. The lowest BCUT2D eigenvalue weighted by atomic mass is 9.99. The molecule has 33 heavy (non-hydrogen) atoms. The zero-order valence-electron chi connectivity index (χ0n) is 20.8. The molecule has 6 nitrogen and oxygen atoms in total. The molecule has 0 aliphatic carbocycles. The van der Waals surface area contributed by atoms with Crippen LogP contribution < -0.4 is 4.74 Å². The van der Waals surface area contributed by atoms with Crippen molar-refractivity contribution in [3.05, 3.63) is 29.8 Å². The largest absolute Gasteiger partial charge is 0.748 e. The van der Waals surface area contributed by atoms with Gasteiger partial charge < -0.3 is 14.0 Å². The van der Waals surface area contributed by atoms with Crippen LogP contribution in [-0.2, 0) is 21.3 Å². The molecule has 0 aliphatic heterocycles. The average Bonchev–Trinajstić information content (AvgIpc) is 2.72. The van der Waals surface area contributed by atoms with Gasteiger partial charge in [-0.3, -0.25) is 0 Å². The molecular weight excluding hydrogens is 440 g/mol. The maximum Gasteiger partial charge on any atom is 0.514 e. The molecule has 7 heteroatoms. The Morgan fingerprint density at radius 2 is 1.39 bits per heavy atom. The van der Waals surface area contributed by atoms with Crippen molar-refractivity contribution >= 4 is 16.3 Å². The van der Waals surface area contributed by atoms with E-state index >= 15 is 0 Å². The SMILES string of the molecule is CCCCCCCCCCCC(C)(C)OC(=O)Oc1ccc(CCCCCS(=O)(=O)[O-])cc1. The molecule has 0 heterocycles. The van der Waals surface area contributed by atoms with Gasteiger partial charge in [-0.15, -0.1) is 0 Å². The Balaban J connectivity index is 2.21. The van der Waals surface area contributed by atoms with E-state index in [2.05, 4.69) is 6.92 Å². The van der Waals surface area contributed by atoms with E-state index in [1.165, 1.54) is 44.9 Å². The molecule has 0 atom stereocenters. The van der Waals surface area contributed by atoms with Crippen LogP contribution in [-0.4, -0.2) is 30.5 Å². The molecule has 0 unspecified atom stereocenters. The zero-order chi connectivity index (χ0) is 24.6. The Morgan fingerprint density at radius 1 is 0.848 bits per heavy atom. The van der Waals surface area contributed by atoms with Gasteiger partial charge in [-0.2, -0.15) is 0 Å². The number of hydrogen-bond acceptors (Lipinski definition) is 6. The second kappa shape index (κ2) is 16.1. The summed E-state index contributed by atoms with van der Waals surface area (Å²) in [6.45, 7) is 6.07. The summed E-state index contributed by atoms with van der Waals surface area (Å²) in [5.74, 6) is 0.122. The normalized spacial score (nSPS) is 12.0. The van der Waals surface area contributed by atoms with E-state index < -0.39 is 21.9 Å². The zero-order valence-corrected chi connectivity index (χ0v) is 21.6. The molecule has 1 rings (SSSR count). The van der Waals surface area contributed by atoms with Gasteiger partial charge in [0.1, 0.15) is 11.4 Å². The quantitative estimate of drug-likeness (QED) is 0.0951. The summed E-state index contributed by atoms with van der Waals surface area (Å²) in [5.41, 5.74) is 0.502. The second-order valence-corrected chi connectivity index (χ2v) is 11.0. The Labute approximate surface area is 201 Å². The Bertz CT molecular complexity index is 755. The van der Waals surface area contributed by atoms with Crippen LogP contribution in [0.4, 0.5) is 4.79 Å². The van der Waals surface area contributed by atoms with Crippen molar-refractivity contribution in [2.45, 2.75) is 116 Å². The van der Waals surface area contributed by atoms with E-state index in [0.717, 1.165) is 37.7 Å². The number of carbonyl (C=O) groups excluding carboxylic acids is 1. The molecule has 0 aliphatic rings. The Kier molecular flexibility index (Phi) is 14.4. The predicted octanol–water partition coefficient (Wildman–Crippen LogP) is 7.16. The minimum Gasteiger partial charge on any atom is -0.748 e. The van der Waals surface area contributed by atoms with Gasteiger partial charge in [0.05, 0.1) is 10.1 Å². The third kappa shape index (κ3) is 16.6. The predicted molar refractivity (Wildman–Crippen MR) is 132 cm³/mol. The molecule has 0 saturated carbocycles. The van der Waals surface area contributed by atoms with Gasteiger partial charge in [-0.05, 0) is 63.6 Å². The number of carbonyl (C=O) groups is 1. The number of hydrogen-bond donors (Lipinski definition) is 0. The lowest BCUT2D eigenvalue weighted by molar-refractivity contribution is 0.00275. The number of benzene rings is 1. The number of aryl methyl sites for hydroxylation is 1. The molecule has 0 fully saturated rings. The summed E-state index contributed by atoms with van der Waals surface area (Å²) in [6.07, 6.45) is 14.1. The molecule has 0 aromatic heterocycles. The minimum atomic E-state index is -4.12. The van der Waals surface area contributed by atoms with Crippen molar-refractivity contribution in [1.82, 2.24) is 0 Å². The lowest BCUT2D eigenvalue weighted by Crippen LogP contribution is -2.29. The van der Waals surface area contributed by atoms with Gasteiger partial charge >= 0.3 is 6.16 Å². The van der Waals surface area contributed by atoms with Crippen molar-refractivity contribution in [1.29, 1.82) is 0 Å². The van der Waals surface area contributed by atoms with Crippen molar-refractivity contribution < 1.29 is 27.2 Å². The average molecular weight is 484 g/mol. The number of rotatable bonds is 18. The van der Waals surface area contributed by atoms with Crippen LogP contribution in [0.25, 0.3) is 0 Å². The highest BCUT2D eigenvalue weighted by molar-refractivity contribution is 7.85. The molecule has 0 amide bonds. The molecule has 0 spiro atoms. The van der Waals surface area contributed by atoms with Gasteiger partial charge in [0.2, 0.25) is 0 Å². The monoisotopic (exact) mass is 483 g/mol. The van der Waals surface area contributed by atoms with Crippen molar-refractivity contribution in [3.8, 4) is 5.75 Å². The first-order valence-electron chi connectivity index (χ1n) is 12.5. The van der Waals surface area contributed by atoms with Gasteiger partial charge in [-0.25, -0.2) is 13.2 Å². The Morgan fingerprint density at radius 3 is 1.97 bits per heavy atom. The fourth-order valence-electron chi connectivity index (χ4n) is 3.76. The van der Waals surface area contributed by atoms with Gasteiger partial charge in [0.25, 0.3) is 0 Å². The summed E-state index contributed by atoms with van der Waals surface area (Å²) in [7, 11) is -4.12. The first-order valence-corrected chi connectivity index (χ1v) is 14.1. The van der Waals surface area contributed by atoms with Gasteiger partial charge in [0.15, 0.2) is 0 Å². The van der Waals surface area contributed by atoms with E-state index in [1.54, 1.807) is 12.1 Å². The smallest absolute Gasteiger partial charge is 0.514 e.